The highest BCUT2D eigenvalue weighted by Crippen LogP contribution is 2.28. The molecule has 166 valence electrons. The molecule has 7 heteroatoms. The second-order valence-electron chi connectivity index (χ2n) is 8.87. The molecule has 1 aromatic heterocycles. The summed E-state index contributed by atoms with van der Waals surface area (Å²) >= 11 is 0. The number of Topliss-reactive ketones (excluding diaryl/α,β-unsaturated/α-hetero) is 1. The third-order valence-electron chi connectivity index (χ3n) is 5.62. The van der Waals surface area contributed by atoms with Gasteiger partial charge in [-0.15, -0.1) is 0 Å². The number of amides is 2. The normalized spacial score (nSPS) is 19.8. The van der Waals surface area contributed by atoms with Gasteiger partial charge in [0.1, 0.15) is 18.7 Å². The van der Waals surface area contributed by atoms with E-state index in [9.17, 15) is 14.4 Å². The van der Waals surface area contributed by atoms with Crippen molar-refractivity contribution in [1.82, 2.24) is 15.6 Å². The van der Waals surface area contributed by atoms with Gasteiger partial charge in [-0.3, -0.25) is 14.4 Å². The van der Waals surface area contributed by atoms with E-state index in [2.05, 4.69) is 41.6 Å². The number of nitrogens with one attached hydrogen (secondary N) is 3. The molecule has 2 amide bonds. The number of ketones is 1. The van der Waals surface area contributed by atoms with Crippen molar-refractivity contribution in [3.8, 4) is 0 Å². The number of rotatable bonds is 9. The lowest BCUT2D eigenvalue weighted by atomic mass is 9.79. The molecule has 7 nitrogen and oxygen atoms in total. The lowest BCUT2D eigenvalue weighted by Crippen LogP contribution is -2.54. The van der Waals surface area contributed by atoms with Gasteiger partial charge in [-0.2, -0.15) is 0 Å². The van der Waals surface area contributed by atoms with Crippen LogP contribution in [0.1, 0.15) is 49.5 Å². The smallest absolute Gasteiger partial charge is 0.253 e. The molecule has 2 aromatic rings. The number of hydrogen-bond donors (Lipinski definition) is 3. The van der Waals surface area contributed by atoms with E-state index in [-0.39, 0.29) is 35.7 Å². The van der Waals surface area contributed by atoms with Crippen molar-refractivity contribution in [1.29, 1.82) is 0 Å². The largest absolute Gasteiger partial charge is 0.368 e. The molecule has 0 spiro atoms. The van der Waals surface area contributed by atoms with Crippen LogP contribution in [0.2, 0.25) is 0 Å². The third-order valence-corrected chi connectivity index (χ3v) is 5.62. The minimum Gasteiger partial charge on any atom is -0.368 e. The van der Waals surface area contributed by atoms with Crippen LogP contribution in [-0.4, -0.2) is 47.4 Å². The van der Waals surface area contributed by atoms with Gasteiger partial charge in [0, 0.05) is 12.4 Å². The molecule has 0 aliphatic carbocycles. The van der Waals surface area contributed by atoms with E-state index in [1.165, 1.54) is 0 Å². The maximum absolute atomic E-state index is 13.2. The first-order valence-corrected chi connectivity index (χ1v) is 10.7. The molecule has 2 heterocycles. The van der Waals surface area contributed by atoms with Gasteiger partial charge in [0.2, 0.25) is 5.91 Å². The first-order chi connectivity index (χ1) is 14.8. The number of carbonyl (C=O) groups is 3. The van der Waals surface area contributed by atoms with Crippen molar-refractivity contribution >= 4 is 17.6 Å². The molecule has 3 N–H and O–H groups in total. The van der Waals surface area contributed by atoms with Crippen LogP contribution >= 0.6 is 0 Å². The highest BCUT2D eigenvalue weighted by atomic mass is 16.5. The van der Waals surface area contributed by atoms with E-state index in [4.69, 9.17) is 4.74 Å². The molecule has 0 radical (unpaired) electrons. The van der Waals surface area contributed by atoms with E-state index < -0.39 is 12.1 Å². The molecular formula is C24H31N3O4. The standard InChI is InChI=1S/C24H31N3O4/c1-4-20-21(19(28)15-31-20)27-23(30)18(26-22(29)17-10-11-25-14-17)13-24(2,3)12-16-8-6-5-7-9-16/h5-11,14,18,20-21,25H,4,12-13,15H2,1-3H3,(H,26,29)(H,27,30)/t18-,20?,21?/m0/s1. The van der Waals surface area contributed by atoms with E-state index >= 15 is 0 Å². The van der Waals surface area contributed by atoms with Crippen molar-refractivity contribution < 1.29 is 19.1 Å². The van der Waals surface area contributed by atoms with Gasteiger partial charge in [-0.25, -0.2) is 0 Å². The van der Waals surface area contributed by atoms with Gasteiger partial charge in [0.25, 0.3) is 5.91 Å². The predicted octanol–water partition coefficient (Wildman–Crippen LogP) is 2.63. The maximum atomic E-state index is 13.2. The van der Waals surface area contributed by atoms with Gasteiger partial charge in [-0.05, 0) is 36.3 Å². The van der Waals surface area contributed by atoms with E-state index in [0.717, 1.165) is 12.0 Å². The Morgan fingerprint density at radius 2 is 1.97 bits per heavy atom. The van der Waals surface area contributed by atoms with Gasteiger partial charge in [0.15, 0.2) is 5.78 Å². The summed E-state index contributed by atoms with van der Waals surface area (Å²) in [5, 5.41) is 5.69. The third kappa shape index (κ3) is 6.04. The second kappa shape index (κ2) is 9.92. The van der Waals surface area contributed by atoms with Crippen LogP contribution in [0.15, 0.2) is 48.8 Å². The monoisotopic (exact) mass is 425 g/mol. The first kappa shape index (κ1) is 22.7. The number of carbonyl (C=O) groups excluding carboxylic acids is 3. The topological polar surface area (TPSA) is 100 Å². The molecule has 2 unspecified atom stereocenters. The molecule has 0 bridgehead atoms. The Kier molecular flexibility index (Phi) is 7.28. The molecular weight excluding hydrogens is 394 g/mol. The predicted molar refractivity (Wildman–Crippen MR) is 118 cm³/mol. The molecule has 3 atom stereocenters. The fourth-order valence-electron chi connectivity index (χ4n) is 4.05. The summed E-state index contributed by atoms with van der Waals surface area (Å²) in [6.45, 7) is 6.06. The molecule has 1 saturated heterocycles. The van der Waals surface area contributed by atoms with Crippen LogP contribution in [0.4, 0.5) is 0 Å². The van der Waals surface area contributed by atoms with E-state index in [0.29, 0.717) is 18.4 Å². The number of aromatic nitrogens is 1. The van der Waals surface area contributed by atoms with Crippen molar-refractivity contribution in [2.45, 2.75) is 58.2 Å². The molecule has 1 aliphatic rings. The summed E-state index contributed by atoms with van der Waals surface area (Å²) in [6.07, 6.45) is 4.69. The summed E-state index contributed by atoms with van der Waals surface area (Å²) in [7, 11) is 0. The van der Waals surface area contributed by atoms with Crippen LogP contribution in [0.25, 0.3) is 0 Å². The highest BCUT2D eigenvalue weighted by molar-refractivity contribution is 5.98. The summed E-state index contributed by atoms with van der Waals surface area (Å²) < 4.78 is 5.47. The lowest BCUT2D eigenvalue weighted by molar-refractivity contribution is -0.128. The Balaban J connectivity index is 1.75. The van der Waals surface area contributed by atoms with Gasteiger partial charge < -0.3 is 20.4 Å². The summed E-state index contributed by atoms with van der Waals surface area (Å²) in [4.78, 5) is 40.9. The van der Waals surface area contributed by atoms with Gasteiger partial charge in [-0.1, -0.05) is 51.1 Å². The van der Waals surface area contributed by atoms with Crippen molar-refractivity contribution in [2.75, 3.05) is 6.61 Å². The van der Waals surface area contributed by atoms with Crippen LogP contribution < -0.4 is 10.6 Å². The molecule has 1 aliphatic heterocycles. The number of aromatic amines is 1. The number of ether oxygens (including phenoxy) is 1. The second-order valence-corrected chi connectivity index (χ2v) is 8.87. The first-order valence-electron chi connectivity index (χ1n) is 10.7. The van der Waals surface area contributed by atoms with Crippen LogP contribution in [0.5, 0.6) is 0 Å². The number of benzene rings is 1. The molecule has 1 aromatic carbocycles. The fourth-order valence-corrected chi connectivity index (χ4v) is 4.05. The highest BCUT2D eigenvalue weighted by Gasteiger charge is 2.38. The quantitative estimate of drug-likeness (QED) is 0.575. The molecule has 31 heavy (non-hydrogen) atoms. The minimum atomic E-state index is -0.785. The lowest BCUT2D eigenvalue weighted by Gasteiger charge is -2.31. The Morgan fingerprint density at radius 3 is 2.61 bits per heavy atom. The van der Waals surface area contributed by atoms with Crippen molar-refractivity contribution in [3.63, 3.8) is 0 Å². The summed E-state index contributed by atoms with van der Waals surface area (Å²) in [5.74, 6) is -0.843. The number of H-pyrrole nitrogens is 1. The Morgan fingerprint density at radius 1 is 1.23 bits per heavy atom. The minimum absolute atomic E-state index is 0.00330. The SMILES string of the molecule is CCC1OCC(=O)C1NC(=O)[C@H](CC(C)(C)Cc1ccccc1)NC(=O)c1cc[nH]c1. The van der Waals surface area contributed by atoms with Crippen molar-refractivity contribution in [3.05, 3.63) is 59.9 Å². The maximum Gasteiger partial charge on any atom is 0.253 e. The molecule has 1 fully saturated rings. The zero-order valence-electron chi connectivity index (χ0n) is 18.3. The van der Waals surface area contributed by atoms with Crippen LogP contribution in [0, 0.1) is 5.41 Å². The van der Waals surface area contributed by atoms with Gasteiger partial charge in [0.05, 0.1) is 11.7 Å². The zero-order chi connectivity index (χ0) is 22.4. The molecule has 0 saturated carbocycles. The van der Waals surface area contributed by atoms with E-state index in [1.54, 1.807) is 18.5 Å². The van der Waals surface area contributed by atoms with Crippen LogP contribution in [0.3, 0.4) is 0 Å². The van der Waals surface area contributed by atoms with E-state index in [1.807, 2.05) is 25.1 Å². The Labute approximate surface area is 182 Å². The average molecular weight is 426 g/mol. The Hall–Kier alpha value is -2.93. The summed E-state index contributed by atoms with van der Waals surface area (Å²) in [5.41, 5.74) is 1.34. The molecule has 3 rings (SSSR count). The van der Waals surface area contributed by atoms with Gasteiger partial charge >= 0.3 is 0 Å². The zero-order valence-corrected chi connectivity index (χ0v) is 18.3. The van der Waals surface area contributed by atoms with Crippen molar-refractivity contribution in [2.24, 2.45) is 5.41 Å². The average Bonchev–Trinajstić information content (AvgIpc) is 3.38. The number of hydrogen-bond acceptors (Lipinski definition) is 4. The summed E-state index contributed by atoms with van der Waals surface area (Å²) in [6, 6.07) is 10.2. The Bertz CT molecular complexity index is 893. The fraction of sp³-hybridized carbons (Fsp3) is 0.458. The van der Waals surface area contributed by atoms with Crippen LogP contribution in [-0.2, 0) is 20.7 Å².